The van der Waals surface area contributed by atoms with Crippen LogP contribution in [0, 0.1) is 0 Å². The molecule has 204 valence electrons. The number of hydrogen-bond donors (Lipinski definition) is 3. The molecular formula is C28H26F4N4O3. The maximum atomic E-state index is 15.2. The predicted octanol–water partition coefficient (Wildman–Crippen LogP) is 4.96. The minimum atomic E-state index is -4.59. The van der Waals surface area contributed by atoms with Gasteiger partial charge in [-0.05, 0) is 60.0 Å². The number of likely N-dealkylation sites (tertiary alicyclic amines) is 1. The van der Waals surface area contributed by atoms with E-state index in [4.69, 9.17) is 5.73 Å². The molecule has 3 aromatic carbocycles. The molecule has 1 fully saturated rings. The first-order valence-corrected chi connectivity index (χ1v) is 12.1. The summed E-state index contributed by atoms with van der Waals surface area (Å²) in [5, 5.41) is 12.5. The Bertz CT molecular complexity index is 1340. The van der Waals surface area contributed by atoms with Crippen LogP contribution in [0.3, 0.4) is 0 Å². The van der Waals surface area contributed by atoms with Crippen LogP contribution in [0.4, 0.5) is 34.7 Å². The number of carbonyl (C=O) groups excluding carboxylic acids is 2. The van der Waals surface area contributed by atoms with E-state index in [1.165, 1.54) is 6.08 Å². The first kappa shape index (κ1) is 27.8. The predicted molar refractivity (Wildman–Crippen MR) is 140 cm³/mol. The molecule has 4 rings (SSSR count). The van der Waals surface area contributed by atoms with Gasteiger partial charge in [0.2, 0.25) is 5.91 Å². The van der Waals surface area contributed by atoms with E-state index in [0.717, 1.165) is 12.1 Å². The SMILES string of the molecule is Nc1ccccc1NC(=O)C=Cc1ccc(C(C(=O)N(F)c2ccc(C(F)(F)F)cc2)N2CCC(O)C2)cc1. The summed E-state index contributed by atoms with van der Waals surface area (Å²) in [5.74, 6) is -1.41. The summed E-state index contributed by atoms with van der Waals surface area (Å²) in [6.07, 6.45) is -2.03. The number of alkyl halides is 3. The molecule has 2 amide bonds. The number of halogens is 4. The van der Waals surface area contributed by atoms with Crippen molar-refractivity contribution in [1.82, 2.24) is 4.90 Å². The molecule has 7 nitrogen and oxygen atoms in total. The van der Waals surface area contributed by atoms with Crippen molar-refractivity contribution in [3.63, 3.8) is 0 Å². The number of β-amino-alcohol motifs (C(OH)–C–C–N with tert-alkyl or cyclic N) is 1. The maximum absolute atomic E-state index is 15.2. The lowest BCUT2D eigenvalue weighted by molar-refractivity contribution is -0.137. The number of anilines is 3. The summed E-state index contributed by atoms with van der Waals surface area (Å²) < 4.78 is 53.8. The second-order valence-corrected chi connectivity index (χ2v) is 9.08. The van der Waals surface area contributed by atoms with E-state index < -0.39 is 35.7 Å². The first-order valence-electron chi connectivity index (χ1n) is 12.1. The summed E-state index contributed by atoms with van der Waals surface area (Å²) in [7, 11) is 0. The number of carbonyl (C=O) groups is 2. The number of nitrogens with two attached hydrogens (primary N) is 1. The number of nitrogens with one attached hydrogen (secondary N) is 1. The van der Waals surface area contributed by atoms with Gasteiger partial charge in [0.1, 0.15) is 6.04 Å². The van der Waals surface area contributed by atoms with Crippen molar-refractivity contribution in [3.8, 4) is 0 Å². The van der Waals surface area contributed by atoms with E-state index in [2.05, 4.69) is 5.32 Å². The van der Waals surface area contributed by atoms with Crippen LogP contribution in [0.25, 0.3) is 6.08 Å². The van der Waals surface area contributed by atoms with Gasteiger partial charge in [0.15, 0.2) is 0 Å². The quantitative estimate of drug-likeness (QED) is 0.170. The molecule has 0 aliphatic carbocycles. The number of nitrogens with zero attached hydrogens (tertiary/aromatic N) is 2. The van der Waals surface area contributed by atoms with Crippen molar-refractivity contribution < 1.29 is 32.3 Å². The molecule has 2 atom stereocenters. The minimum Gasteiger partial charge on any atom is -0.397 e. The Balaban J connectivity index is 1.51. The molecule has 0 radical (unpaired) electrons. The van der Waals surface area contributed by atoms with Crippen LogP contribution in [0.1, 0.15) is 29.2 Å². The van der Waals surface area contributed by atoms with Gasteiger partial charge in [-0.15, -0.1) is 5.12 Å². The van der Waals surface area contributed by atoms with Crippen molar-refractivity contribution in [1.29, 1.82) is 0 Å². The molecule has 1 heterocycles. The fraction of sp³-hybridized carbons (Fsp3) is 0.214. The second kappa shape index (κ2) is 11.7. The molecular weight excluding hydrogens is 516 g/mol. The zero-order chi connectivity index (χ0) is 28.2. The summed E-state index contributed by atoms with van der Waals surface area (Å²) in [5.41, 5.74) is 6.46. The number of rotatable bonds is 7. The van der Waals surface area contributed by atoms with E-state index in [0.29, 0.717) is 47.6 Å². The molecule has 3 aromatic rings. The second-order valence-electron chi connectivity index (χ2n) is 9.08. The van der Waals surface area contributed by atoms with Crippen LogP contribution < -0.4 is 16.2 Å². The highest BCUT2D eigenvalue weighted by molar-refractivity contribution is 6.03. The lowest BCUT2D eigenvalue weighted by Crippen LogP contribution is -2.39. The highest BCUT2D eigenvalue weighted by Crippen LogP contribution is 2.33. The molecule has 0 spiro atoms. The zero-order valence-electron chi connectivity index (χ0n) is 20.6. The standard InChI is InChI=1S/C28H26F4N4O3/c29-28(30,31)20-10-12-21(13-11-20)36(32)27(39)26(35-16-15-22(37)17-35)19-8-5-18(6-9-19)7-14-25(38)34-24-4-2-1-3-23(24)33/h1-14,22,26,37H,15-17,33H2,(H,34,38). The van der Waals surface area contributed by atoms with Crippen LogP contribution in [0.5, 0.6) is 0 Å². The Labute approximate surface area is 222 Å². The van der Waals surface area contributed by atoms with Gasteiger partial charge in [-0.1, -0.05) is 40.9 Å². The van der Waals surface area contributed by atoms with E-state index >= 15 is 4.48 Å². The van der Waals surface area contributed by atoms with Gasteiger partial charge in [0, 0.05) is 19.2 Å². The van der Waals surface area contributed by atoms with Crippen LogP contribution in [0.15, 0.2) is 78.9 Å². The molecule has 2 unspecified atom stereocenters. The number of aliphatic hydroxyl groups is 1. The van der Waals surface area contributed by atoms with E-state index in [1.807, 2.05) is 0 Å². The van der Waals surface area contributed by atoms with Crippen LogP contribution in [-0.4, -0.2) is 41.0 Å². The molecule has 39 heavy (non-hydrogen) atoms. The number of aliphatic hydroxyl groups excluding tert-OH is 1. The lowest BCUT2D eigenvalue weighted by atomic mass is 10.0. The normalized spacial score (nSPS) is 16.8. The monoisotopic (exact) mass is 542 g/mol. The van der Waals surface area contributed by atoms with Crippen LogP contribution >= 0.6 is 0 Å². The Morgan fingerprint density at radius 1 is 1.05 bits per heavy atom. The van der Waals surface area contributed by atoms with Gasteiger partial charge < -0.3 is 16.2 Å². The Hall–Kier alpha value is -4.22. The molecule has 1 aliphatic heterocycles. The molecule has 4 N–H and O–H groups in total. The zero-order valence-corrected chi connectivity index (χ0v) is 20.6. The minimum absolute atomic E-state index is 0.127. The maximum Gasteiger partial charge on any atom is 0.416 e. The van der Waals surface area contributed by atoms with Crippen molar-refractivity contribution in [2.45, 2.75) is 24.7 Å². The molecule has 0 saturated carbocycles. The molecule has 1 saturated heterocycles. The number of amides is 2. The van der Waals surface area contributed by atoms with Gasteiger partial charge in [0.05, 0.1) is 28.7 Å². The number of benzene rings is 3. The first-order chi connectivity index (χ1) is 18.5. The summed E-state index contributed by atoms with van der Waals surface area (Å²) in [4.78, 5) is 27.1. The fourth-order valence-corrected chi connectivity index (χ4v) is 4.27. The van der Waals surface area contributed by atoms with E-state index in [9.17, 15) is 27.9 Å². The Kier molecular flexibility index (Phi) is 8.32. The third-order valence-electron chi connectivity index (χ3n) is 6.31. The average Bonchev–Trinajstić information content (AvgIpc) is 3.34. The Morgan fingerprint density at radius 3 is 2.31 bits per heavy atom. The number of nitrogen functional groups attached to an aromatic ring is 1. The van der Waals surface area contributed by atoms with Gasteiger partial charge in [0.25, 0.3) is 5.91 Å². The van der Waals surface area contributed by atoms with Gasteiger partial charge in [-0.2, -0.15) is 13.2 Å². The number of hydrogen-bond acceptors (Lipinski definition) is 5. The van der Waals surface area contributed by atoms with E-state index in [-0.39, 0.29) is 17.4 Å². The van der Waals surface area contributed by atoms with Crippen LogP contribution in [-0.2, 0) is 15.8 Å². The third-order valence-corrected chi connectivity index (χ3v) is 6.31. The molecule has 0 bridgehead atoms. The largest absolute Gasteiger partial charge is 0.416 e. The topological polar surface area (TPSA) is 98.9 Å². The lowest BCUT2D eigenvalue weighted by Gasteiger charge is -2.28. The van der Waals surface area contributed by atoms with Crippen molar-refractivity contribution in [2.24, 2.45) is 0 Å². The van der Waals surface area contributed by atoms with E-state index in [1.54, 1.807) is 59.5 Å². The Morgan fingerprint density at radius 2 is 1.72 bits per heavy atom. The van der Waals surface area contributed by atoms with Crippen molar-refractivity contribution in [3.05, 3.63) is 95.6 Å². The number of para-hydroxylation sites is 2. The smallest absolute Gasteiger partial charge is 0.397 e. The summed E-state index contributed by atoms with van der Waals surface area (Å²) >= 11 is 0. The molecule has 11 heteroatoms. The third kappa shape index (κ3) is 6.81. The van der Waals surface area contributed by atoms with Gasteiger partial charge in [-0.3, -0.25) is 14.5 Å². The van der Waals surface area contributed by atoms with Gasteiger partial charge >= 0.3 is 6.18 Å². The highest BCUT2D eigenvalue weighted by Gasteiger charge is 2.37. The van der Waals surface area contributed by atoms with Crippen molar-refractivity contribution >= 4 is 35.0 Å². The highest BCUT2D eigenvalue weighted by atomic mass is 19.4. The van der Waals surface area contributed by atoms with Gasteiger partial charge in [-0.25, -0.2) is 0 Å². The average molecular weight is 543 g/mol. The fourth-order valence-electron chi connectivity index (χ4n) is 4.27. The summed E-state index contributed by atoms with van der Waals surface area (Å²) in [6.45, 7) is 0.449. The molecule has 0 aromatic heterocycles. The van der Waals surface area contributed by atoms with Crippen LogP contribution in [0.2, 0.25) is 0 Å². The van der Waals surface area contributed by atoms with Crippen molar-refractivity contribution in [2.75, 3.05) is 29.3 Å². The summed E-state index contributed by atoms with van der Waals surface area (Å²) in [6, 6.07) is 15.3. The molecule has 1 aliphatic rings.